The van der Waals surface area contributed by atoms with Crippen molar-refractivity contribution in [3.63, 3.8) is 0 Å². The van der Waals surface area contributed by atoms with Crippen LogP contribution >= 0.6 is 0 Å². The summed E-state index contributed by atoms with van der Waals surface area (Å²) in [5.74, 6) is 1.74. The van der Waals surface area contributed by atoms with E-state index in [0.717, 1.165) is 11.8 Å². The van der Waals surface area contributed by atoms with Gasteiger partial charge in [0.1, 0.15) is 0 Å². The molecule has 0 bridgehead atoms. The lowest BCUT2D eigenvalue weighted by Gasteiger charge is -2.46. The van der Waals surface area contributed by atoms with Crippen molar-refractivity contribution in [2.45, 2.75) is 39.8 Å². The standard InChI is InChI=1S/C10H22N2/c1-7(2)10-5-12(6-10)9(4)8(3)11/h7-10H,5-6,11H2,1-4H3. The van der Waals surface area contributed by atoms with Crippen LogP contribution in [0.2, 0.25) is 0 Å². The van der Waals surface area contributed by atoms with Gasteiger partial charge in [-0.05, 0) is 25.7 Å². The van der Waals surface area contributed by atoms with Gasteiger partial charge in [0.15, 0.2) is 0 Å². The summed E-state index contributed by atoms with van der Waals surface area (Å²) in [6, 6.07) is 0.859. The van der Waals surface area contributed by atoms with Crippen LogP contribution in [0.3, 0.4) is 0 Å². The molecule has 0 aromatic heterocycles. The van der Waals surface area contributed by atoms with Gasteiger partial charge in [0.2, 0.25) is 0 Å². The molecule has 1 aliphatic heterocycles. The molecule has 1 saturated heterocycles. The van der Waals surface area contributed by atoms with Crippen molar-refractivity contribution in [3.8, 4) is 0 Å². The Labute approximate surface area is 76.1 Å². The Kier molecular flexibility index (Phi) is 3.13. The van der Waals surface area contributed by atoms with E-state index in [-0.39, 0.29) is 0 Å². The van der Waals surface area contributed by atoms with Gasteiger partial charge in [-0.15, -0.1) is 0 Å². The molecule has 2 atom stereocenters. The molecule has 1 fully saturated rings. The topological polar surface area (TPSA) is 29.3 Å². The second-order valence-electron chi connectivity index (χ2n) is 4.56. The predicted molar refractivity (Wildman–Crippen MR) is 53.0 cm³/mol. The maximum atomic E-state index is 5.83. The lowest BCUT2D eigenvalue weighted by atomic mass is 9.86. The summed E-state index contributed by atoms with van der Waals surface area (Å²) >= 11 is 0. The van der Waals surface area contributed by atoms with Crippen LogP contribution in [0, 0.1) is 11.8 Å². The van der Waals surface area contributed by atoms with E-state index in [1.54, 1.807) is 0 Å². The van der Waals surface area contributed by atoms with Crippen molar-refractivity contribution in [3.05, 3.63) is 0 Å². The highest BCUT2D eigenvalue weighted by Gasteiger charge is 2.32. The minimum absolute atomic E-state index is 0.304. The fraction of sp³-hybridized carbons (Fsp3) is 1.00. The molecule has 0 aromatic rings. The van der Waals surface area contributed by atoms with Crippen LogP contribution in [0.15, 0.2) is 0 Å². The first-order valence-electron chi connectivity index (χ1n) is 5.02. The Hall–Kier alpha value is -0.0800. The van der Waals surface area contributed by atoms with Gasteiger partial charge in [-0.1, -0.05) is 13.8 Å². The highest BCUT2D eigenvalue weighted by Crippen LogP contribution is 2.25. The van der Waals surface area contributed by atoms with Crippen molar-refractivity contribution in [2.24, 2.45) is 17.6 Å². The van der Waals surface area contributed by atoms with Crippen LogP contribution < -0.4 is 5.73 Å². The van der Waals surface area contributed by atoms with Crippen LogP contribution in [0.5, 0.6) is 0 Å². The fourth-order valence-corrected chi connectivity index (χ4v) is 1.64. The van der Waals surface area contributed by atoms with Crippen LogP contribution in [-0.4, -0.2) is 30.1 Å². The summed E-state index contributed by atoms with van der Waals surface area (Å²) < 4.78 is 0. The summed E-state index contributed by atoms with van der Waals surface area (Å²) in [5, 5.41) is 0. The minimum Gasteiger partial charge on any atom is -0.327 e. The van der Waals surface area contributed by atoms with Crippen molar-refractivity contribution in [2.75, 3.05) is 13.1 Å². The molecule has 0 aliphatic carbocycles. The molecule has 1 heterocycles. The molecule has 1 rings (SSSR count). The second-order valence-corrected chi connectivity index (χ2v) is 4.56. The molecule has 2 nitrogen and oxygen atoms in total. The minimum atomic E-state index is 0.304. The van der Waals surface area contributed by atoms with Crippen LogP contribution in [0.25, 0.3) is 0 Å². The monoisotopic (exact) mass is 170 g/mol. The maximum Gasteiger partial charge on any atom is 0.0216 e. The summed E-state index contributed by atoms with van der Waals surface area (Å²) in [5.41, 5.74) is 5.83. The SMILES string of the molecule is CC(C)C1CN(C(C)C(C)N)C1. The quantitative estimate of drug-likeness (QED) is 0.692. The lowest BCUT2D eigenvalue weighted by Crippen LogP contribution is -2.57. The number of hydrogen-bond acceptors (Lipinski definition) is 2. The Morgan fingerprint density at radius 2 is 1.67 bits per heavy atom. The molecule has 0 radical (unpaired) electrons. The number of likely N-dealkylation sites (tertiary alicyclic amines) is 1. The van der Waals surface area contributed by atoms with E-state index in [1.165, 1.54) is 13.1 Å². The number of nitrogens with two attached hydrogens (primary N) is 1. The van der Waals surface area contributed by atoms with Gasteiger partial charge in [0.25, 0.3) is 0 Å². The third-order valence-electron chi connectivity index (χ3n) is 3.22. The third kappa shape index (κ3) is 1.99. The van der Waals surface area contributed by atoms with E-state index in [2.05, 4.69) is 32.6 Å². The van der Waals surface area contributed by atoms with Crippen molar-refractivity contribution in [1.82, 2.24) is 4.90 Å². The Balaban J connectivity index is 2.25. The zero-order valence-electron chi connectivity index (χ0n) is 8.75. The van der Waals surface area contributed by atoms with E-state index >= 15 is 0 Å². The van der Waals surface area contributed by atoms with E-state index in [4.69, 9.17) is 5.73 Å². The number of rotatable bonds is 3. The van der Waals surface area contributed by atoms with Crippen LogP contribution in [0.1, 0.15) is 27.7 Å². The summed E-state index contributed by atoms with van der Waals surface area (Å²) in [7, 11) is 0. The van der Waals surface area contributed by atoms with Crippen LogP contribution in [-0.2, 0) is 0 Å². The van der Waals surface area contributed by atoms with Crippen LogP contribution in [0.4, 0.5) is 0 Å². The predicted octanol–water partition coefficient (Wildman–Crippen LogP) is 1.31. The third-order valence-corrected chi connectivity index (χ3v) is 3.22. The number of nitrogens with zero attached hydrogens (tertiary/aromatic N) is 1. The lowest BCUT2D eigenvalue weighted by molar-refractivity contribution is 0.0270. The van der Waals surface area contributed by atoms with Gasteiger partial charge in [-0.3, -0.25) is 4.90 Å². The second kappa shape index (κ2) is 3.75. The Morgan fingerprint density at radius 3 is 2.00 bits per heavy atom. The largest absolute Gasteiger partial charge is 0.327 e. The molecule has 0 amide bonds. The van der Waals surface area contributed by atoms with E-state index < -0.39 is 0 Å². The van der Waals surface area contributed by atoms with E-state index in [1.807, 2.05) is 0 Å². The first-order valence-corrected chi connectivity index (χ1v) is 5.02. The Bertz CT molecular complexity index is 137. The molecule has 2 heteroatoms. The first-order chi connectivity index (χ1) is 5.52. The highest BCUT2D eigenvalue weighted by atomic mass is 15.2. The molecular weight excluding hydrogens is 148 g/mol. The normalized spacial score (nSPS) is 25.5. The summed E-state index contributed by atoms with van der Waals surface area (Å²) in [6.07, 6.45) is 0. The van der Waals surface area contributed by atoms with Gasteiger partial charge in [-0.2, -0.15) is 0 Å². The van der Waals surface area contributed by atoms with Gasteiger partial charge >= 0.3 is 0 Å². The van der Waals surface area contributed by atoms with E-state index in [9.17, 15) is 0 Å². The Morgan fingerprint density at radius 1 is 1.17 bits per heavy atom. The average molecular weight is 170 g/mol. The van der Waals surface area contributed by atoms with E-state index in [0.29, 0.717) is 12.1 Å². The van der Waals surface area contributed by atoms with Gasteiger partial charge in [0.05, 0.1) is 0 Å². The molecule has 12 heavy (non-hydrogen) atoms. The first kappa shape index (κ1) is 10.0. The molecule has 0 saturated carbocycles. The zero-order valence-corrected chi connectivity index (χ0v) is 8.75. The molecule has 1 aliphatic rings. The highest BCUT2D eigenvalue weighted by molar-refractivity contribution is 4.87. The van der Waals surface area contributed by atoms with Gasteiger partial charge < -0.3 is 5.73 Å². The molecule has 0 aromatic carbocycles. The van der Waals surface area contributed by atoms with Crippen molar-refractivity contribution >= 4 is 0 Å². The van der Waals surface area contributed by atoms with Crippen molar-refractivity contribution in [1.29, 1.82) is 0 Å². The molecule has 72 valence electrons. The van der Waals surface area contributed by atoms with Gasteiger partial charge in [0, 0.05) is 25.2 Å². The zero-order chi connectivity index (χ0) is 9.30. The average Bonchev–Trinajstić information content (AvgIpc) is 1.82. The maximum absolute atomic E-state index is 5.83. The van der Waals surface area contributed by atoms with Gasteiger partial charge in [-0.25, -0.2) is 0 Å². The molecule has 2 N–H and O–H groups in total. The molecular formula is C10H22N2. The summed E-state index contributed by atoms with van der Waals surface area (Å²) in [6.45, 7) is 11.4. The molecule has 2 unspecified atom stereocenters. The summed E-state index contributed by atoms with van der Waals surface area (Å²) in [4.78, 5) is 2.48. The van der Waals surface area contributed by atoms with Crippen molar-refractivity contribution < 1.29 is 0 Å². The number of hydrogen-bond donors (Lipinski definition) is 1. The molecule has 0 spiro atoms. The fourth-order valence-electron chi connectivity index (χ4n) is 1.64. The smallest absolute Gasteiger partial charge is 0.0216 e.